The van der Waals surface area contributed by atoms with Crippen LogP contribution in [0.15, 0.2) is 6.20 Å². The van der Waals surface area contributed by atoms with Crippen LogP contribution in [0.3, 0.4) is 0 Å². The maximum atomic E-state index is 13.3. The van der Waals surface area contributed by atoms with Crippen LogP contribution < -0.4 is 0 Å². The number of alkyl halides is 1. The summed E-state index contributed by atoms with van der Waals surface area (Å²) in [4.78, 5) is 0. The van der Waals surface area contributed by atoms with Gasteiger partial charge < -0.3 is 0 Å². The number of hydrogen-bond acceptors (Lipinski definition) is 2. The van der Waals surface area contributed by atoms with E-state index in [0.29, 0.717) is 25.3 Å². The van der Waals surface area contributed by atoms with E-state index < -0.39 is 5.67 Å². The molecule has 0 unspecified atom stereocenters. The van der Waals surface area contributed by atoms with E-state index in [1.54, 1.807) is 0 Å². The molecule has 0 aromatic carbocycles. The van der Waals surface area contributed by atoms with Gasteiger partial charge >= 0.3 is 0 Å². The van der Waals surface area contributed by atoms with E-state index >= 15 is 0 Å². The molecule has 3 saturated carbocycles. The first-order valence-corrected chi connectivity index (χ1v) is 5.14. The van der Waals surface area contributed by atoms with E-state index in [-0.39, 0.29) is 5.41 Å². The Hall–Kier alpha value is -0.930. The fourth-order valence-electron chi connectivity index (χ4n) is 2.71. The number of halogens is 1. The maximum Gasteiger partial charge on any atom is 0.113 e. The first kappa shape index (κ1) is 8.38. The van der Waals surface area contributed by atoms with Gasteiger partial charge in [0.05, 0.1) is 5.69 Å². The molecule has 14 heavy (non-hydrogen) atoms. The van der Waals surface area contributed by atoms with Crippen LogP contribution in [0.5, 0.6) is 0 Å². The van der Waals surface area contributed by atoms with Gasteiger partial charge in [0, 0.05) is 17.7 Å². The van der Waals surface area contributed by atoms with Gasteiger partial charge in [-0.2, -0.15) is 0 Å². The Labute approximate surface area is 82.3 Å². The Bertz CT molecular complexity index is 363. The Morgan fingerprint density at radius 2 is 2.07 bits per heavy atom. The van der Waals surface area contributed by atoms with E-state index in [1.807, 2.05) is 10.9 Å². The van der Waals surface area contributed by atoms with Crippen LogP contribution in [-0.2, 0) is 5.41 Å². The van der Waals surface area contributed by atoms with E-state index in [2.05, 4.69) is 24.2 Å². The molecule has 3 fully saturated rings. The van der Waals surface area contributed by atoms with Crippen molar-refractivity contribution in [1.29, 1.82) is 0 Å². The second kappa shape index (κ2) is 2.18. The molecule has 1 heterocycles. The molecule has 1 aromatic heterocycles. The lowest BCUT2D eigenvalue weighted by molar-refractivity contribution is -0.160. The van der Waals surface area contributed by atoms with Gasteiger partial charge in [0.2, 0.25) is 0 Å². The summed E-state index contributed by atoms with van der Waals surface area (Å²) in [6, 6.07) is 0.336. The number of hydrogen-bond donors (Lipinski definition) is 0. The molecule has 3 nitrogen and oxygen atoms in total. The van der Waals surface area contributed by atoms with Crippen LogP contribution in [0.1, 0.15) is 44.8 Å². The quantitative estimate of drug-likeness (QED) is 0.722. The van der Waals surface area contributed by atoms with Crippen LogP contribution in [-0.4, -0.2) is 20.7 Å². The number of rotatable bonds is 2. The van der Waals surface area contributed by atoms with Gasteiger partial charge in [-0.3, -0.25) is 0 Å². The zero-order valence-corrected chi connectivity index (χ0v) is 8.50. The van der Waals surface area contributed by atoms with Crippen LogP contribution in [0, 0.1) is 0 Å². The summed E-state index contributed by atoms with van der Waals surface area (Å²) in [5.74, 6) is 0. The molecule has 0 saturated heterocycles. The number of nitrogens with zero attached hydrogens (tertiary/aromatic N) is 3. The molecule has 76 valence electrons. The second-order valence-corrected chi connectivity index (χ2v) is 5.14. The third-order valence-corrected chi connectivity index (χ3v) is 3.55. The third-order valence-electron chi connectivity index (χ3n) is 3.55. The van der Waals surface area contributed by atoms with Gasteiger partial charge in [-0.1, -0.05) is 5.21 Å². The van der Waals surface area contributed by atoms with Crippen LogP contribution >= 0.6 is 0 Å². The van der Waals surface area contributed by atoms with E-state index in [0.717, 1.165) is 5.69 Å². The fourth-order valence-corrected chi connectivity index (χ4v) is 2.71. The Balaban J connectivity index is 1.85. The van der Waals surface area contributed by atoms with Crippen molar-refractivity contribution in [3.8, 4) is 0 Å². The molecule has 4 heteroatoms. The van der Waals surface area contributed by atoms with Crippen molar-refractivity contribution >= 4 is 0 Å². The average molecular weight is 195 g/mol. The standard InChI is InChI=1S/C10H14FN3/c1-7(2)14-3-8(12-13-14)9-4-10(11,5-9)6-9/h3,7H,4-6H2,1-2H3. The molecular formula is C10H14FN3. The van der Waals surface area contributed by atoms with Crippen molar-refractivity contribution in [2.45, 2.75) is 50.2 Å². The van der Waals surface area contributed by atoms with Crippen molar-refractivity contribution in [3.05, 3.63) is 11.9 Å². The number of aromatic nitrogens is 3. The molecule has 1 aromatic rings. The molecule has 0 spiro atoms. The largest absolute Gasteiger partial charge is 0.250 e. The van der Waals surface area contributed by atoms with Crippen molar-refractivity contribution in [1.82, 2.24) is 15.0 Å². The van der Waals surface area contributed by atoms with Crippen LogP contribution in [0.25, 0.3) is 0 Å². The van der Waals surface area contributed by atoms with Crippen molar-refractivity contribution in [2.24, 2.45) is 0 Å². The second-order valence-electron chi connectivity index (χ2n) is 5.14. The predicted molar refractivity (Wildman–Crippen MR) is 49.8 cm³/mol. The van der Waals surface area contributed by atoms with Gasteiger partial charge in [0.15, 0.2) is 0 Å². The molecule has 4 rings (SSSR count). The van der Waals surface area contributed by atoms with Crippen molar-refractivity contribution < 1.29 is 4.39 Å². The third kappa shape index (κ3) is 0.863. The zero-order valence-electron chi connectivity index (χ0n) is 8.50. The van der Waals surface area contributed by atoms with Crippen molar-refractivity contribution in [2.75, 3.05) is 0 Å². The normalized spacial score (nSPS) is 39.4. The molecular weight excluding hydrogens is 181 g/mol. The Kier molecular flexibility index (Phi) is 1.30. The minimum atomic E-state index is -0.846. The van der Waals surface area contributed by atoms with Gasteiger partial charge in [-0.25, -0.2) is 9.07 Å². The predicted octanol–water partition coefficient (Wildman–Crippen LogP) is 2.00. The van der Waals surface area contributed by atoms with Crippen molar-refractivity contribution in [3.63, 3.8) is 0 Å². The monoisotopic (exact) mass is 195 g/mol. The molecule has 0 aliphatic heterocycles. The minimum Gasteiger partial charge on any atom is -0.250 e. The fraction of sp³-hybridized carbons (Fsp3) is 0.800. The molecule has 2 bridgehead atoms. The summed E-state index contributed by atoms with van der Waals surface area (Å²) in [6.45, 7) is 4.13. The molecule has 0 N–H and O–H groups in total. The summed E-state index contributed by atoms with van der Waals surface area (Å²) in [5.41, 5.74) is 0.203. The van der Waals surface area contributed by atoms with Gasteiger partial charge in [-0.15, -0.1) is 5.10 Å². The van der Waals surface area contributed by atoms with Crippen LogP contribution in [0.2, 0.25) is 0 Å². The van der Waals surface area contributed by atoms with E-state index in [9.17, 15) is 4.39 Å². The molecule has 3 aliphatic carbocycles. The summed E-state index contributed by atoms with van der Waals surface area (Å²) in [5, 5.41) is 8.20. The summed E-state index contributed by atoms with van der Waals surface area (Å²) >= 11 is 0. The lowest BCUT2D eigenvalue weighted by atomic mass is 9.41. The lowest BCUT2D eigenvalue weighted by Crippen LogP contribution is -2.67. The highest BCUT2D eigenvalue weighted by Gasteiger charge is 2.70. The van der Waals surface area contributed by atoms with Gasteiger partial charge in [0.1, 0.15) is 5.67 Å². The maximum absolute atomic E-state index is 13.3. The minimum absolute atomic E-state index is 0.0574. The highest BCUT2D eigenvalue weighted by molar-refractivity contribution is 5.34. The molecule has 0 amide bonds. The van der Waals surface area contributed by atoms with Crippen LogP contribution in [0.4, 0.5) is 4.39 Å². The molecule has 0 atom stereocenters. The topological polar surface area (TPSA) is 30.7 Å². The van der Waals surface area contributed by atoms with E-state index in [4.69, 9.17) is 0 Å². The molecule has 3 aliphatic rings. The highest BCUT2D eigenvalue weighted by atomic mass is 19.1. The lowest BCUT2D eigenvalue weighted by Gasteiger charge is -2.64. The Morgan fingerprint density at radius 3 is 2.50 bits per heavy atom. The van der Waals surface area contributed by atoms with Gasteiger partial charge in [0.25, 0.3) is 0 Å². The zero-order chi connectivity index (χ0) is 9.97. The first-order valence-electron chi connectivity index (χ1n) is 5.14. The summed E-state index contributed by atoms with van der Waals surface area (Å²) in [6.07, 6.45) is 3.97. The Morgan fingerprint density at radius 1 is 1.43 bits per heavy atom. The summed E-state index contributed by atoms with van der Waals surface area (Å²) < 4.78 is 15.2. The smallest absolute Gasteiger partial charge is 0.113 e. The average Bonchev–Trinajstić information content (AvgIpc) is 2.44. The van der Waals surface area contributed by atoms with E-state index in [1.165, 1.54) is 0 Å². The highest BCUT2D eigenvalue weighted by Crippen LogP contribution is 2.69. The summed E-state index contributed by atoms with van der Waals surface area (Å²) in [7, 11) is 0. The SMILES string of the molecule is CC(C)n1cc(C23CC(F)(C2)C3)nn1. The molecule has 0 radical (unpaired) electrons. The van der Waals surface area contributed by atoms with Gasteiger partial charge in [-0.05, 0) is 33.1 Å². The first-order chi connectivity index (χ1) is 6.53.